The molecule has 0 radical (unpaired) electrons. The molecule has 0 fully saturated rings. The number of halogens is 1. The third-order valence-corrected chi connectivity index (χ3v) is 3.17. The zero-order valence-corrected chi connectivity index (χ0v) is 10.7. The van der Waals surface area contributed by atoms with Gasteiger partial charge in [0.2, 0.25) is 0 Å². The zero-order valence-electron chi connectivity index (χ0n) is 10.7. The molecule has 0 aliphatic heterocycles. The fourth-order valence-electron chi connectivity index (χ4n) is 1.97. The summed E-state index contributed by atoms with van der Waals surface area (Å²) in [7, 11) is 0. The van der Waals surface area contributed by atoms with Gasteiger partial charge in [-0.05, 0) is 49.8 Å². The molecular weight excluding hydrogens is 219 g/mol. The topological polar surface area (TPSA) is 40.5 Å². The SMILES string of the molecule is CCC(CC(O)C(C)O)c1ccc(C)cc1F. The van der Waals surface area contributed by atoms with Gasteiger partial charge in [-0.25, -0.2) is 4.39 Å². The molecule has 0 aliphatic carbocycles. The maximum Gasteiger partial charge on any atom is 0.126 e. The normalized spacial score (nSPS) is 16.6. The summed E-state index contributed by atoms with van der Waals surface area (Å²) in [5.41, 5.74) is 1.51. The van der Waals surface area contributed by atoms with Crippen LogP contribution in [0.1, 0.15) is 43.7 Å². The number of aliphatic hydroxyl groups excluding tert-OH is 2. The first-order valence-corrected chi connectivity index (χ1v) is 6.07. The minimum absolute atomic E-state index is 0.0554. The quantitative estimate of drug-likeness (QED) is 0.830. The predicted molar refractivity (Wildman–Crippen MR) is 66.5 cm³/mol. The number of rotatable bonds is 5. The van der Waals surface area contributed by atoms with Crippen LogP contribution in [-0.4, -0.2) is 22.4 Å². The van der Waals surface area contributed by atoms with Crippen molar-refractivity contribution >= 4 is 0 Å². The minimum atomic E-state index is -0.805. The standard InChI is InChI=1S/C14H21FO2/c1-4-11(8-14(17)10(3)16)12-6-5-9(2)7-13(12)15/h5-7,10-11,14,16-17H,4,8H2,1-3H3. The van der Waals surface area contributed by atoms with E-state index in [9.17, 15) is 14.6 Å². The van der Waals surface area contributed by atoms with E-state index in [1.165, 1.54) is 6.07 Å². The van der Waals surface area contributed by atoms with Gasteiger partial charge in [-0.2, -0.15) is 0 Å². The van der Waals surface area contributed by atoms with Gasteiger partial charge in [-0.15, -0.1) is 0 Å². The fraction of sp³-hybridized carbons (Fsp3) is 0.571. The Morgan fingerprint density at radius 2 is 1.94 bits per heavy atom. The summed E-state index contributed by atoms with van der Waals surface area (Å²) in [5.74, 6) is -0.283. The van der Waals surface area contributed by atoms with Crippen molar-refractivity contribution in [3.63, 3.8) is 0 Å². The second-order valence-corrected chi connectivity index (χ2v) is 4.67. The number of aliphatic hydroxyl groups is 2. The van der Waals surface area contributed by atoms with Crippen molar-refractivity contribution in [1.82, 2.24) is 0 Å². The second-order valence-electron chi connectivity index (χ2n) is 4.67. The molecule has 1 rings (SSSR count). The lowest BCUT2D eigenvalue weighted by Gasteiger charge is -2.21. The minimum Gasteiger partial charge on any atom is -0.391 e. The molecule has 3 unspecified atom stereocenters. The molecule has 17 heavy (non-hydrogen) atoms. The molecule has 96 valence electrons. The number of benzene rings is 1. The van der Waals surface area contributed by atoms with Crippen LogP contribution in [0.25, 0.3) is 0 Å². The molecule has 0 aliphatic rings. The molecule has 3 heteroatoms. The van der Waals surface area contributed by atoms with Crippen LogP contribution in [0.4, 0.5) is 4.39 Å². The Kier molecular flexibility index (Phi) is 5.09. The summed E-state index contributed by atoms with van der Waals surface area (Å²) >= 11 is 0. The molecule has 0 spiro atoms. The van der Waals surface area contributed by atoms with E-state index in [4.69, 9.17) is 0 Å². The van der Waals surface area contributed by atoms with Gasteiger partial charge in [-0.3, -0.25) is 0 Å². The summed E-state index contributed by atoms with van der Waals surface area (Å²) < 4.78 is 13.8. The Labute approximate surface area is 102 Å². The van der Waals surface area contributed by atoms with E-state index in [2.05, 4.69) is 0 Å². The monoisotopic (exact) mass is 240 g/mol. The van der Waals surface area contributed by atoms with E-state index in [-0.39, 0.29) is 11.7 Å². The highest BCUT2D eigenvalue weighted by molar-refractivity contribution is 5.26. The average molecular weight is 240 g/mol. The van der Waals surface area contributed by atoms with Crippen LogP contribution in [0.2, 0.25) is 0 Å². The molecular formula is C14H21FO2. The van der Waals surface area contributed by atoms with E-state index in [1.54, 1.807) is 13.0 Å². The first-order valence-electron chi connectivity index (χ1n) is 6.07. The third kappa shape index (κ3) is 3.79. The van der Waals surface area contributed by atoms with E-state index in [0.29, 0.717) is 12.0 Å². The van der Waals surface area contributed by atoms with Crippen LogP contribution < -0.4 is 0 Å². The molecule has 0 bridgehead atoms. The smallest absolute Gasteiger partial charge is 0.126 e. The van der Waals surface area contributed by atoms with Crippen molar-refractivity contribution < 1.29 is 14.6 Å². The Bertz CT molecular complexity index is 363. The van der Waals surface area contributed by atoms with Gasteiger partial charge >= 0.3 is 0 Å². The number of hydrogen-bond donors (Lipinski definition) is 2. The summed E-state index contributed by atoms with van der Waals surface area (Å²) in [5, 5.41) is 18.9. The summed E-state index contributed by atoms with van der Waals surface area (Å²) in [6.07, 6.45) is -0.462. The van der Waals surface area contributed by atoms with Gasteiger partial charge in [0.1, 0.15) is 5.82 Å². The van der Waals surface area contributed by atoms with Gasteiger partial charge in [0.15, 0.2) is 0 Å². The second kappa shape index (κ2) is 6.12. The molecule has 3 atom stereocenters. The molecule has 1 aromatic rings. The number of aryl methyl sites for hydroxylation is 1. The third-order valence-electron chi connectivity index (χ3n) is 3.17. The lowest BCUT2D eigenvalue weighted by molar-refractivity contribution is 0.0213. The maximum atomic E-state index is 13.8. The zero-order chi connectivity index (χ0) is 13.0. The van der Waals surface area contributed by atoms with E-state index < -0.39 is 12.2 Å². The van der Waals surface area contributed by atoms with Crippen LogP contribution >= 0.6 is 0 Å². The van der Waals surface area contributed by atoms with Gasteiger partial charge in [0.25, 0.3) is 0 Å². The average Bonchev–Trinajstić information content (AvgIpc) is 2.26. The molecule has 2 nitrogen and oxygen atoms in total. The van der Waals surface area contributed by atoms with Crippen molar-refractivity contribution in [1.29, 1.82) is 0 Å². The van der Waals surface area contributed by atoms with Crippen LogP contribution in [-0.2, 0) is 0 Å². The van der Waals surface area contributed by atoms with Gasteiger partial charge in [0, 0.05) is 0 Å². The lowest BCUT2D eigenvalue weighted by atomic mass is 9.89. The van der Waals surface area contributed by atoms with Crippen molar-refractivity contribution in [2.24, 2.45) is 0 Å². The van der Waals surface area contributed by atoms with Crippen molar-refractivity contribution in [3.8, 4) is 0 Å². The predicted octanol–water partition coefficient (Wildman–Crippen LogP) is 2.76. The van der Waals surface area contributed by atoms with Crippen LogP contribution in [0.15, 0.2) is 18.2 Å². The Balaban J connectivity index is 2.86. The van der Waals surface area contributed by atoms with E-state index in [1.807, 2.05) is 19.9 Å². The largest absolute Gasteiger partial charge is 0.391 e. The molecule has 0 heterocycles. The summed E-state index contributed by atoms with van der Waals surface area (Å²) in [4.78, 5) is 0. The molecule has 0 saturated heterocycles. The van der Waals surface area contributed by atoms with Crippen LogP contribution in [0, 0.1) is 12.7 Å². The Morgan fingerprint density at radius 3 is 2.41 bits per heavy atom. The van der Waals surface area contributed by atoms with Gasteiger partial charge in [0.05, 0.1) is 12.2 Å². The van der Waals surface area contributed by atoms with Crippen LogP contribution in [0.3, 0.4) is 0 Å². The Morgan fingerprint density at radius 1 is 1.29 bits per heavy atom. The molecule has 1 aromatic carbocycles. The van der Waals surface area contributed by atoms with Gasteiger partial charge < -0.3 is 10.2 Å². The highest BCUT2D eigenvalue weighted by Gasteiger charge is 2.20. The molecule has 2 N–H and O–H groups in total. The van der Waals surface area contributed by atoms with Crippen molar-refractivity contribution in [2.75, 3.05) is 0 Å². The summed E-state index contributed by atoms with van der Waals surface area (Å²) in [6, 6.07) is 5.15. The van der Waals surface area contributed by atoms with E-state index in [0.717, 1.165) is 12.0 Å². The Hall–Kier alpha value is -0.930. The van der Waals surface area contributed by atoms with E-state index >= 15 is 0 Å². The van der Waals surface area contributed by atoms with Crippen molar-refractivity contribution in [3.05, 3.63) is 35.1 Å². The van der Waals surface area contributed by atoms with Crippen LogP contribution in [0.5, 0.6) is 0 Å². The number of hydrogen-bond acceptors (Lipinski definition) is 2. The molecule has 0 amide bonds. The first-order chi connectivity index (χ1) is 7.95. The highest BCUT2D eigenvalue weighted by atomic mass is 19.1. The summed E-state index contributed by atoms with van der Waals surface area (Å²) in [6.45, 7) is 5.35. The maximum absolute atomic E-state index is 13.8. The van der Waals surface area contributed by atoms with Crippen molar-refractivity contribution in [2.45, 2.75) is 51.7 Å². The molecule has 0 aromatic heterocycles. The fourth-order valence-corrected chi connectivity index (χ4v) is 1.97. The highest BCUT2D eigenvalue weighted by Crippen LogP contribution is 2.28. The molecule has 0 saturated carbocycles. The lowest BCUT2D eigenvalue weighted by Crippen LogP contribution is -2.25. The van der Waals surface area contributed by atoms with Gasteiger partial charge in [-0.1, -0.05) is 19.1 Å². The first kappa shape index (κ1) is 14.1.